The van der Waals surface area contributed by atoms with Gasteiger partial charge in [0.1, 0.15) is 0 Å². The highest BCUT2D eigenvalue weighted by atomic mass is 32.2. The molecule has 4 aromatic rings. The highest BCUT2D eigenvalue weighted by Gasteiger charge is 2.16. The van der Waals surface area contributed by atoms with Crippen molar-refractivity contribution in [2.24, 2.45) is 0 Å². The zero-order valence-corrected chi connectivity index (χ0v) is 17.4. The van der Waals surface area contributed by atoms with Gasteiger partial charge < -0.3 is 9.88 Å². The van der Waals surface area contributed by atoms with Gasteiger partial charge in [-0.15, -0.1) is 0 Å². The fraction of sp³-hybridized carbons (Fsp3) is 0.0455. The molecule has 8 nitrogen and oxygen atoms in total. The lowest BCUT2D eigenvalue weighted by molar-refractivity contribution is 0.102. The highest BCUT2D eigenvalue weighted by molar-refractivity contribution is 7.92. The smallest absolute Gasteiger partial charge is 0.264 e. The predicted octanol–water partition coefficient (Wildman–Crippen LogP) is 3.63. The number of nitrogens with zero attached hydrogens (tertiary/aromatic N) is 3. The van der Waals surface area contributed by atoms with Crippen LogP contribution in [-0.4, -0.2) is 28.9 Å². The minimum absolute atomic E-state index is 0.0160. The molecule has 31 heavy (non-hydrogen) atoms. The van der Waals surface area contributed by atoms with E-state index in [1.54, 1.807) is 12.1 Å². The molecule has 0 saturated heterocycles. The Morgan fingerprint density at radius 3 is 2.29 bits per heavy atom. The van der Waals surface area contributed by atoms with Crippen LogP contribution in [0.2, 0.25) is 0 Å². The molecule has 0 aliphatic rings. The zero-order chi connectivity index (χ0) is 21.8. The van der Waals surface area contributed by atoms with E-state index in [2.05, 4.69) is 20.0 Å². The van der Waals surface area contributed by atoms with Crippen molar-refractivity contribution in [3.05, 3.63) is 96.6 Å². The van der Waals surface area contributed by atoms with E-state index in [9.17, 15) is 13.2 Å². The van der Waals surface area contributed by atoms with Crippen LogP contribution < -0.4 is 10.0 Å². The van der Waals surface area contributed by atoms with Gasteiger partial charge in [0, 0.05) is 41.7 Å². The lowest BCUT2D eigenvalue weighted by Crippen LogP contribution is -2.15. The molecule has 9 heteroatoms. The molecule has 0 aliphatic carbocycles. The number of hydrogen-bond acceptors (Lipinski definition) is 5. The van der Waals surface area contributed by atoms with E-state index in [4.69, 9.17) is 0 Å². The van der Waals surface area contributed by atoms with Crippen molar-refractivity contribution in [1.29, 1.82) is 0 Å². The van der Waals surface area contributed by atoms with Crippen molar-refractivity contribution >= 4 is 27.6 Å². The first-order chi connectivity index (χ1) is 14.9. The van der Waals surface area contributed by atoms with E-state index in [0.717, 1.165) is 11.3 Å². The van der Waals surface area contributed by atoms with Crippen LogP contribution in [0.3, 0.4) is 0 Å². The van der Waals surface area contributed by atoms with Gasteiger partial charge in [0.25, 0.3) is 15.9 Å². The average Bonchev–Trinajstić information content (AvgIpc) is 3.29. The number of aromatic nitrogens is 3. The molecule has 4 rings (SSSR count). The molecule has 0 saturated carbocycles. The number of anilines is 2. The summed E-state index contributed by atoms with van der Waals surface area (Å²) in [5.41, 5.74) is 2.92. The van der Waals surface area contributed by atoms with Crippen LogP contribution in [-0.2, 0) is 10.0 Å². The van der Waals surface area contributed by atoms with Crippen LogP contribution in [0.15, 0.2) is 90.3 Å². The van der Waals surface area contributed by atoms with Crippen molar-refractivity contribution in [1.82, 2.24) is 14.5 Å². The molecular formula is C22H19N5O3S. The average molecular weight is 433 g/mol. The van der Waals surface area contributed by atoms with E-state index in [1.165, 1.54) is 36.7 Å². The Balaban J connectivity index is 1.49. The van der Waals surface area contributed by atoms with Crippen molar-refractivity contribution in [2.75, 3.05) is 10.0 Å². The third kappa shape index (κ3) is 4.62. The third-order valence-electron chi connectivity index (χ3n) is 4.57. The maximum atomic E-state index is 12.7. The molecule has 2 aromatic heterocycles. The van der Waals surface area contributed by atoms with E-state index in [-0.39, 0.29) is 16.8 Å². The number of hydrogen-bond donors (Lipinski definition) is 2. The zero-order valence-electron chi connectivity index (χ0n) is 16.6. The molecule has 2 N–H and O–H groups in total. The first-order valence-corrected chi connectivity index (χ1v) is 10.9. The molecule has 0 atom stereocenters. The largest absolute Gasteiger partial charge is 0.324 e. The maximum Gasteiger partial charge on any atom is 0.264 e. The lowest BCUT2D eigenvalue weighted by atomic mass is 10.1. The lowest BCUT2D eigenvalue weighted by Gasteiger charge is -2.11. The fourth-order valence-corrected chi connectivity index (χ4v) is 3.93. The van der Waals surface area contributed by atoms with Gasteiger partial charge in [-0.1, -0.05) is 6.07 Å². The highest BCUT2D eigenvalue weighted by Crippen LogP contribution is 2.19. The molecule has 0 unspecified atom stereocenters. The third-order valence-corrected chi connectivity index (χ3v) is 5.91. The Bertz CT molecular complexity index is 1300. The first kappa shape index (κ1) is 20.3. The molecule has 0 aliphatic heterocycles. The predicted molar refractivity (Wildman–Crippen MR) is 118 cm³/mol. The Kier molecular flexibility index (Phi) is 5.50. The fourth-order valence-electron chi connectivity index (χ4n) is 2.98. The molecule has 2 aromatic carbocycles. The van der Waals surface area contributed by atoms with E-state index < -0.39 is 10.0 Å². The number of sulfonamides is 1. The van der Waals surface area contributed by atoms with Gasteiger partial charge in [-0.2, -0.15) is 0 Å². The Hall–Kier alpha value is -3.98. The number of amides is 1. The number of aryl methyl sites for hydroxylation is 1. The normalized spacial score (nSPS) is 11.1. The van der Waals surface area contributed by atoms with E-state index in [0.29, 0.717) is 11.3 Å². The first-order valence-electron chi connectivity index (χ1n) is 9.38. The van der Waals surface area contributed by atoms with Crippen LogP contribution in [0, 0.1) is 6.92 Å². The van der Waals surface area contributed by atoms with Gasteiger partial charge in [0.15, 0.2) is 0 Å². The number of rotatable bonds is 6. The second-order valence-electron chi connectivity index (χ2n) is 6.75. The number of carbonyl (C=O) groups is 1. The van der Waals surface area contributed by atoms with Gasteiger partial charge >= 0.3 is 0 Å². The molecule has 0 bridgehead atoms. The monoisotopic (exact) mass is 433 g/mol. The Morgan fingerprint density at radius 2 is 1.61 bits per heavy atom. The molecule has 0 spiro atoms. The Labute approximate surface area is 179 Å². The second kappa shape index (κ2) is 8.41. The van der Waals surface area contributed by atoms with Gasteiger partial charge in [-0.25, -0.2) is 23.1 Å². The molecule has 156 valence electrons. The SMILES string of the molecule is Cc1ccc(C(=O)Nc2ccc(S(=O)(=O)Nc3ncccn3)cc2)cc1-n1cccc1. The van der Waals surface area contributed by atoms with Crippen molar-refractivity contribution in [3.8, 4) is 5.69 Å². The number of benzene rings is 2. The summed E-state index contributed by atoms with van der Waals surface area (Å²) in [6.45, 7) is 1.98. The molecule has 0 radical (unpaired) electrons. The summed E-state index contributed by atoms with van der Waals surface area (Å²) in [6, 6.07) is 16.7. The summed E-state index contributed by atoms with van der Waals surface area (Å²) in [5, 5.41) is 2.79. The quantitative estimate of drug-likeness (QED) is 0.483. The van der Waals surface area contributed by atoms with Gasteiger partial charge in [-0.3, -0.25) is 4.79 Å². The molecule has 1 amide bonds. The maximum absolute atomic E-state index is 12.7. The van der Waals surface area contributed by atoms with Crippen molar-refractivity contribution in [3.63, 3.8) is 0 Å². The molecular weight excluding hydrogens is 414 g/mol. The van der Waals surface area contributed by atoms with Crippen LogP contribution in [0.4, 0.5) is 11.6 Å². The van der Waals surface area contributed by atoms with Gasteiger partial charge in [0.05, 0.1) is 4.90 Å². The van der Waals surface area contributed by atoms with Crippen LogP contribution in [0.1, 0.15) is 15.9 Å². The standard InChI is InChI=1S/C22H19N5O3S/c1-16-5-6-17(15-20(16)27-13-2-3-14-27)21(28)25-18-7-9-19(10-8-18)31(29,30)26-22-23-11-4-12-24-22/h2-15H,1H3,(H,25,28)(H,23,24,26). The van der Waals surface area contributed by atoms with Crippen LogP contribution in [0.25, 0.3) is 5.69 Å². The summed E-state index contributed by atoms with van der Waals surface area (Å²) in [7, 11) is -3.84. The second-order valence-corrected chi connectivity index (χ2v) is 8.43. The van der Waals surface area contributed by atoms with E-state index >= 15 is 0 Å². The minimum Gasteiger partial charge on any atom is -0.324 e. The van der Waals surface area contributed by atoms with Crippen molar-refractivity contribution in [2.45, 2.75) is 11.8 Å². The van der Waals surface area contributed by atoms with Crippen molar-refractivity contribution < 1.29 is 13.2 Å². The minimum atomic E-state index is -3.84. The summed E-state index contributed by atoms with van der Waals surface area (Å²) in [6.07, 6.45) is 6.71. The summed E-state index contributed by atoms with van der Waals surface area (Å²) in [5.74, 6) is -0.308. The van der Waals surface area contributed by atoms with Gasteiger partial charge in [0.2, 0.25) is 5.95 Å². The van der Waals surface area contributed by atoms with E-state index in [1.807, 2.05) is 48.1 Å². The summed E-state index contributed by atoms with van der Waals surface area (Å²) < 4.78 is 29.2. The summed E-state index contributed by atoms with van der Waals surface area (Å²) >= 11 is 0. The Morgan fingerprint density at radius 1 is 0.935 bits per heavy atom. The number of carbonyl (C=O) groups excluding carboxylic acids is 1. The molecule has 2 heterocycles. The van der Waals surface area contributed by atoms with Crippen LogP contribution >= 0.6 is 0 Å². The topological polar surface area (TPSA) is 106 Å². The molecule has 0 fully saturated rings. The van der Waals surface area contributed by atoms with Gasteiger partial charge in [-0.05, 0) is 67.1 Å². The number of nitrogens with one attached hydrogen (secondary N) is 2. The summed E-state index contributed by atoms with van der Waals surface area (Å²) in [4.78, 5) is 20.4. The van der Waals surface area contributed by atoms with Crippen LogP contribution in [0.5, 0.6) is 0 Å².